The second kappa shape index (κ2) is 21.0. The maximum Gasteiger partial charge on any atom is 0.486 e. The summed E-state index contributed by atoms with van der Waals surface area (Å²) in [5.41, 5.74) is 4.00. The number of hydrogen-bond donors (Lipinski definition) is 6. The lowest BCUT2D eigenvalue weighted by Crippen LogP contribution is -2.44. The van der Waals surface area contributed by atoms with Crippen LogP contribution < -0.4 is 28.1 Å². The molecular weight excluding hydrogens is 831 g/mol. The molecule has 6 aromatic carbocycles. The second-order valence-electron chi connectivity index (χ2n) is 13.1. The largest absolute Gasteiger partial charge is 0.486 e. The van der Waals surface area contributed by atoms with Gasteiger partial charge in [-0.05, 0) is 106 Å². The molecule has 1 aliphatic rings. The van der Waals surface area contributed by atoms with Crippen LogP contribution in [0.4, 0.5) is 0 Å². The van der Waals surface area contributed by atoms with Crippen LogP contribution in [0.25, 0.3) is 0 Å². The summed E-state index contributed by atoms with van der Waals surface area (Å²) in [7, 11) is -8.55. The minimum atomic E-state index is -2.85. The van der Waals surface area contributed by atoms with Crippen molar-refractivity contribution in [2.24, 2.45) is 0 Å². The number of aliphatic hydroxyl groups is 6. The Balaban J connectivity index is 1.43. The molecule has 0 saturated carbocycles. The normalized spacial score (nSPS) is 17.2. The van der Waals surface area contributed by atoms with E-state index in [1.165, 1.54) is 0 Å². The summed E-state index contributed by atoms with van der Waals surface area (Å²) in [6.07, 6.45) is 0. The molecule has 0 bridgehead atoms. The Kier molecular flexibility index (Phi) is 15.1. The molecule has 1 saturated heterocycles. The molecular formula is C42H45N3O12P3+3. The van der Waals surface area contributed by atoms with Crippen molar-refractivity contribution in [1.29, 1.82) is 0 Å². The SMILES string of the molecule is OCc1ccc(ON2[PH+](Oc3ccc(CO)cc3)N(Oc3ccc(CO)cc3)[PH+](Oc3ccc(CO)cc3)N(Oc3ccc(CO)cc3)[PH+]2Oc2ccc(CO)cc2)cc1. The number of hydrogen-bond acceptors (Lipinski definition) is 15. The lowest BCUT2D eigenvalue weighted by molar-refractivity contribution is 0.0103. The van der Waals surface area contributed by atoms with E-state index in [1.54, 1.807) is 159 Å². The van der Waals surface area contributed by atoms with Crippen LogP contribution in [-0.4, -0.2) is 44.5 Å². The zero-order chi connectivity index (χ0) is 41.8. The van der Waals surface area contributed by atoms with Crippen molar-refractivity contribution < 1.29 is 58.7 Å². The molecule has 15 nitrogen and oxygen atoms in total. The average molecular weight is 877 g/mol. The van der Waals surface area contributed by atoms with Gasteiger partial charge in [0, 0.05) is 0 Å². The summed E-state index contributed by atoms with van der Waals surface area (Å²) in [6.45, 7) is -1.05. The molecule has 7 rings (SSSR count). The van der Waals surface area contributed by atoms with Crippen molar-refractivity contribution in [3.05, 3.63) is 179 Å². The van der Waals surface area contributed by atoms with Crippen molar-refractivity contribution in [2.45, 2.75) is 39.6 Å². The standard InChI is InChI=1S/C42H42N3O12P3/c46-25-31-1-13-37(14-2-31)52-43-58(55-40-19-7-34(28-49)8-20-40)44(53-38-15-3-32(26-47)4-16-38)60(57-42-23-11-36(30-51)12-24-42)45(54-39-17-5-33(27-48)6-18-39)59(43)56-41-21-9-35(29-50)10-22-41/h1-24,46-51H,25-30H2/p+3. The first-order valence-electron chi connectivity index (χ1n) is 18.7. The van der Waals surface area contributed by atoms with Crippen molar-refractivity contribution in [2.75, 3.05) is 0 Å². The number of nitrogens with zero attached hydrogens (tertiary/aromatic N) is 3. The highest BCUT2D eigenvalue weighted by atomic mass is 31.3. The fraction of sp³-hybridized carbons (Fsp3) is 0.143. The zero-order valence-electron chi connectivity index (χ0n) is 32.1. The third kappa shape index (κ3) is 10.9. The summed E-state index contributed by atoms with van der Waals surface area (Å²) in [4.78, 5) is 20.4. The molecule has 0 amide bonds. The molecule has 0 radical (unpaired) electrons. The maximum absolute atomic E-state index is 9.83. The highest BCUT2D eigenvalue weighted by Crippen LogP contribution is 2.76. The Morgan fingerprint density at radius 2 is 0.433 bits per heavy atom. The van der Waals surface area contributed by atoms with Gasteiger partial charge in [0.1, 0.15) is 0 Å². The van der Waals surface area contributed by atoms with Crippen LogP contribution in [0.1, 0.15) is 33.4 Å². The Bertz CT molecular complexity index is 1800. The van der Waals surface area contributed by atoms with Gasteiger partial charge in [-0.3, -0.25) is 13.6 Å². The first-order valence-corrected chi connectivity index (χ1v) is 22.6. The number of rotatable bonds is 18. The van der Waals surface area contributed by atoms with Crippen LogP contribution in [0.5, 0.6) is 34.5 Å². The van der Waals surface area contributed by atoms with Gasteiger partial charge < -0.3 is 45.2 Å². The average Bonchev–Trinajstić information content (AvgIpc) is 3.31. The molecule has 312 valence electrons. The van der Waals surface area contributed by atoms with Crippen LogP contribution in [0, 0.1) is 0 Å². The maximum atomic E-state index is 9.83. The van der Waals surface area contributed by atoms with E-state index in [0.29, 0.717) is 67.9 Å². The van der Waals surface area contributed by atoms with Gasteiger partial charge in [-0.2, -0.15) is 0 Å². The second-order valence-corrected chi connectivity index (χ2v) is 19.2. The van der Waals surface area contributed by atoms with Gasteiger partial charge in [-0.15, -0.1) is 0 Å². The quantitative estimate of drug-likeness (QED) is 0.0487. The Morgan fingerprint density at radius 1 is 0.267 bits per heavy atom. The molecule has 0 aromatic heterocycles. The van der Waals surface area contributed by atoms with Gasteiger partial charge >= 0.3 is 25.3 Å². The molecule has 6 N–H and O–H groups in total. The minimum Gasteiger partial charge on any atom is -0.392 e. The summed E-state index contributed by atoms with van der Waals surface area (Å²) in [6, 6.07) is 41.3. The summed E-state index contributed by atoms with van der Waals surface area (Å²) < 4.78 is 25.4. The van der Waals surface area contributed by atoms with E-state index >= 15 is 0 Å². The van der Waals surface area contributed by atoms with Gasteiger partial charge in [-0.25, -0.2) is 0 Å². The van der Waals surface area contributed by atoms with Gasteiger partial charge in [-0.1, -0.05) is 72.8 Å². The fourth-order valence-corrected chi connectivity index (χ4v) is 14.0. The first kappa shape index (κ1) is 43.1. The van der Waals surface area contributed by atoms with Crippen LogP contribution >= 0.6 is 25.3 Å². The van der Waals surface area contributed by atoms with Crippen molar-refractivity contribution in [3.63, 3.8) is 0 Å². The molecule has 60 heavy (non-hydrogen) atoms. The molecule has 0 atom stereocenters. The molecule has 1 aliphatic heterocycles. The molecule has 1 heterocycles. The minimum absolute atomic E-state index is 0.173. The predicted octanol–water partition coefficient (Wildman–Crippen LogP) is 6.96. The monoisotopic (exact) mass is 876 g/mol. The molecule has 6 aromatic rings. The van der Waals surface area contributed by atoms with Gasteiger partial charge in [0.15, 0.2) is 34.5 Å². The molecule has 18 heteroatoms. The highest BCUT2D eigenvalue weighted by molar-refractivity contribution is 7.78. The zero-order valence-corrected chi connectivity index (χ0v) is 35.1. The lowest BCUT2D eigenvalue weighted by atomic mass is 10.2. The van der Waals surface area contributed by atoms with Crippen LogP contribution in [0.2, 0.25) is 0 Å². The third-order valence-corrected chi connectivity index (χ3v) is 16.2. The lowest BCUT2D eigenvalue weighted by Gasteiger charge is -2.33. The Hall–Kier alpha value is -4.95. The van der Waals surface area contributed by atoms with Crippen molar-refractivity contribution >= 4 is 25.3 Å². The van der Waals surface area contributed by atoms with Gasteiger partial charge in [0.05, 0.1) is 39.6 Å². The Morgan fingerprint density at radius 3 is 0.600 bits per heavy atom. The summed E-state index contributed by atoms with van der Waals surface area (Å²) in [5.74, 6) is 2.33. The van der Waals surface area contributed by atoms with E-state index in [-0.39, 0.29) is 39.6 Å². The van der Waals surface area contributed by atoms with Crippen molar-refractivity contribution in [1.82, 2.24) is 13.8 Å². The Labute approximate surface area is 350 Å². The highest BCUT2D eigenvalue weighted by Gasteiger charge is 2.76. The third-order valence-electron chi connectivity index (χ3n) is 8.90. The van der Waals surface area contributed by atoms with Crippen LogP contribution in [0.15, 0.2) is 146 Å². The summed E-state index contributed by atoms with van der Waals surface area (Å²) >= 11 is 0. The van der Waals surface area contributed by atoms with E-state index in [0.717, 1.165) is 0 Å². The molecule has 0 aliphatic carbocycles. The van der Waals surface area contributed by atoms with Crippen LogP contribution in [0.3, 0.4) is 0 Å². The van der Waals surface area contributed by atoms with Gasteiger partial charge in [0.2, 0.25) is 13.8 Å². The predicted molar refractivity (Wildman–Crippen MR) is 228 cm³/mol. The van der Waals surface area contributed by atoms with Gasteiger partial charge in [0.25, 0.3) is 0 Å². The van der Waals surface area contributed by atoms with Crippen molar-refractivity contribution in [3.8, 4) is 34.5 Å². The topological polar surface area (TPSA) is 186 Å². The molecule has 0 unspecified atom stereocenters. The molecule has 0 spiro atoms. The first-order chi connectivity index (χ1) is 29.4. The van der Waals surface area contributed by atoms with E-state index in [4.69, 9.17) is 28.1 Å². The number of aliphatic hydroxyl groups excluding tert-OH is 6. The van der Waals surface area contributed by atoms with E-state index in [2.05, 4.69) is 0 Å². The molecule has 1 fully saturated rings. The van der Waals surface area contributed by atoms with Crippen LogP contribution in [-0.2, 0) is 39.6 Å². The smallest absolute Gasteiger partial charge is 0.392 e. The summed E-state index contributed by atoms with van der Waals surface area (Å²) in [5, 5.41) is 58.9. The van der Waals surface area contributed by atoms with E-state index < -0.39 is 25.3 Å². The van der Waals surface area contributed by atoms with E-state index in [1.807, 2.05) is 0 Å². The fourth-order valence-electron chi connectivity index (χ4n) is 5.56. The van der Waals surface area contributed by atoms with E-state index in [9.17, 15) is 30.6 Å². The number of benzene rings is 6.